The molecule has 1 aromatic carbocycles. The molecule has 1 aliphatic carbocycles. The van der Waals surface area contributed by atoms with Crippen LogP contribution in [-0.2, 0) is 14.3 Å². The molecule has 3 heterocycles. The molecule has 2 aliphatic heterocycles. The number of benzene rings is 1. The minimum Gasteiger partial charge on any atom is -0.381 e. The van der Waals surface area contributed by atoms with E-state index in [2.05, 4.69) is 10.3 Å². The fraction of sp³-hybridized carbons (Fsp3) is 0.591. The van der Waals surface area contributed by atoms with Crippen molar-refractivity contribution in [1.82, 2.24) is 9.88 Å². The van der Waals surface area contributed by atoms with E-state index in [1.807, 2.05) is 23.1 Å². The molecule has 2 amide bonds. The molecule has 0 bridgehead atoms. The minimum absolute atomic E-state index is 0.00560. The fourth-order valence-corrected chi connectivity index (χ4v) is 5.88. The number of thiazole rings is 1. The molecule has 3 unspecified atom stereocenters. The maximum Gasteiger partial charge on any atom is 0.253 e. The monoisotopic (exact) mass is 429 g/mol. The summed E-state index contributed by atoms with van der Waals surface area (Å²) >= 11 is 1.42. The third-order valence-corrected chi connectivity index (χ3v) is 7.80. The molecular formula is C22H27N3O4S. The molecule has 1 N–H and O–H groups in total. The van der Waals surface area contributed by atoms with Gasteiger partial charge in [-0.2, -0.15) is 0 Å². The summed E-state index contributed by atoms with van der Waals surface area (Å²) in [6.07, 6.45) is 4.75. The predicted octanol–water partition coefficient (Wildman–Crippen LogP) is 3.30. The van der Waals surface area contributed by atoms with Crippen LogP contribution in [0.25, 0.3) is 10.2 Å². The Hall–Kier alpha value is -2.03. The lowest BCUT2D eigenvalue weighted by Crippen LogP contribution is -2.32. The van der Waals surface area contributed by atoms with Crippen molar-refractivity contribution < 1.29 is 19.1 Å². The largest absolute Gasteiger partial charge is 0.381 e. The van der Waals surface area contributed by atoms with Crippen LogP contribution in [0, 0.1) is 11.3 Å². The highest BCUT2D eigenvalue weighted by Crippen LogP contribution is 2.39. The average molecular weight is 430 g/mol. The smallest absolute Gasteiger partial charge is 0.253 e. The first-order chi connectivity index (χ1) is 14.5. The number of nitrogens with zero attached hydrogens (tertiary/aromatic N) is 2. The highest BCUT2D eigenvalue weighted by molar-refractivity contribution is 7.22. The van der Waals surface area contributed by atoms with Crippen LogP contribution in [0.5, 0.6) is 0 Å². The Morgan fingerprint density at radius 1 is 1.33 bits per heavy atom. The van der Waals surface area contributed by atoms with E-state index in [9.17, 15) is 9.59 Å². The molecule has 2 saturated heterocycles. The second-order valence-electron chi connectivity index (χ2n) is 8.84. The van der Waals surface area contributed by atoms with Crippen LogP contribution in [0.4, 0.5) is 5.13 Å². The molecule has 7 nitrogen and oxygen atoms in total. The van der Waals surface area contributed by atoms with E-state index in [1.165, 1.54) is 11.3 Å². The third-order valence-electron chi connectivity index (χ3n) is 6.86. The van der Waals surface area contributed by atoms with Crippen molar-refractivity contribution in [2.24, 2.45) is 11.3 Å². The molecule has 5 rings (SSSR count). The van der Waals surface area contributed by atoms with Gasteiger partial charge in [0.15, 0.2) is 5.13 Å². The lowest BCUT2D eigenvalue weighted by molar-refractivity contribution is -0.119. The van der Waals surface area contributed by atoms with Crippen molar-refractivity contribution >= 4 is 38.5 Å². The van der Waals surface area contributed by atoms with Crippen molar-refractivity contribution in [3.05, 3.63) is 23.8 Å². The molecule has 2 aromatic rings. The Balaban J connectivity index is 1.27. The first kappa shape index (κ1) is 19.9. The number of nitrogens with one attached hydrogen (secondary N) is 1. The molecule has 1 saturated carbocycles. The Kier molecular flexibility index (Phi) is 5.24. The SMILES string of the molecule is COC1CCC(C(=O)Nc2nc3ccc(C(=O)N4CCC5(CCOC5)C4)cc3s2)C1. The van der Waals surface area contributed by atoms with Crippen LogP contribution in [0.3, 0.4) is 0 Å². The number of rotatable bonds is 4. The van der Waals surface area contributed by atoms with E-state index in [4.69, 9.17) is 9.47 Å². The van der Waals surface area contributed by atoms with Crippen LogP contribution in [0.2, 0.25) is 0 Å². The van der Waals surface area contributed by atoms with Gasteiger partial charge in [-0.25, -0.2) is 4.98 Å². The number of fused-ring (bicyclic) bond motifs is 1. The highest BCUT2D eigenvalue weighted by atomic mass is 32.1. The van der Waals surface area contributed by atoms with Gasteiger partial charge in [0.25, 0.3) is 5.91 Å². The summed E-state index contributed by atoms with van der Waals surface area (Å²) in [5.74, 6) is 0.0448. The number of ether oxygens (including phenoxy) is 2. The van der Waals surface area contributed by atoms with Gasteiger partial charge in [0, 0.05) is 43.7 Å². The van der Waals surface area contributed by atoms with E-state index < -0.39 is 0 Å². The summed E-state index contributed by atoms with van der Waals surface area (Å²) in [4.78, 5) is 32.1. The molecule has 1 aromatic heterocycles. The molecule has 3 aliphatic rings. The number of carbonyl (C=O) groups is 2. The van der Waals surface area contributed by atoms with Gasteiger partial charge in [-0.15, -0.1) is 0 Å². The van der Waals surface area contributed by atoms with E-state index in [-0.39, 0.29) is 29.3 Å². The second kappa shape index (κ2) is 7.90. The summed E-state index contributed by atoms with van der Waals surface area (Å²) in [5.41, 5.74) is 1.64. The molecule has 8 heteroatoms. The summed E-state index contributed by atoms with van der Waals surface area (Å²) in [6.45, 7) is 3.13. The van der Waals surface area contributed by atoms with Crippen molar-refractivity contribution in [2.75, 3.05) is 38.7 Å². The first-order valence-electron chi connectivity index (χ1n) is 10.7. The van der Waals surface area contributed by atoms with Crippen molar-refractivity contribution in [3.8, 4) is 0 Å². The minimum atomic E-state index is -0.0267. The number of anilines is 1. The number of likely N-dealkylation sites (tertiary alicyclic amines) is 1. The zero-order chi connectivity index (χ0) is 20.7. The van der Waals surface area contributed by atoms with E-state index in [0.717, 1.165) is 68.6 Å². The third kappa shape index (κ3) is 3.72. The Labute approximate surface area is 179 Å². The van der Waals surface area contributed by atoms with Crippen LogP contribution in [-0.4, -0.2) is 61.2 Å². The van der Waals surface area contributed by atoms with Crippen molar-refractivity contribution in [1.29, 1.82) is 0 Å². The van der Waals surface area contributed by atoms with Gasteiger partial charge in [-0.1, -0.05) is 11.3 Å². The van der Waals surface area contributed by atoms with Crippen LogP contribution in [0.1, 0.15) is 42.5 Å². The summed E-state index contributed by atoms with van der Waals surface area (Å²) in [6, 6.07) is 5.61. The number of aromatic nitrogens is 1. The molecule has 1 spiro atoms. The van der Waals surface area contributed by atoms with Crippen LogP contribution >= 0.6 is 11.3 Å². The molecule has 30 heavy (non-hydrogen) atoms. The van der Waals surface area contributed by atoms with Gasteiger partial charge in [-0.05, 0) is 50.3 Å². The first-order valence-corrected chi connectivity index (χ1v) is 11.5. The standard InChI is InChI=1S/C22H27N3O4S/c1-28-16-4-2-14(10-16)19(26)24-21-23-17-5-3-15(11-18(17)30-21)20(27)25-8-6-22(12-25)7-9-29-13-22/h3,5,11,14,16H,2,4,6-10,12-13H2,1H3,(H,23,24,26). The van der Waals surface area contributed by atoms with Gasteiger partial charge in [0.05, 0.1) is 22.9 Å². The summed E-state index contributed by atoms with van der Waals surface area (Å²) in [5, 5.41) is 3.55. The normalized spacial score (nSPS) is 28.6. The van der Waals surface area contributed by atoms with Gasteiger partial charge in [-0.3, -0.25) is 9.59 Å². The van der Waals surface area contributed by atoms with Crippen LogP contribution < -0.4 is 5.32 Å². The number of hydrogen-bond donors (Lipinski definition) is 1. The van der Waals surface area contributed by atoms with E-state index >= 15 is 0 Å². The molecule has 3 fully saturated rings. The average Bonchev–Trinajstić information content (AvgIpc) is 3.54. The zero-order valence-corrected chi connectivity index (χ0v) is 18.0. The Bertz CT molecular complexity index is 968. The molecular weight excluding hydrogens is 402 g/mol. The quantitative estimate of drug-likeness (QED) is 0.807. The van der Waals surface area contributed by atoms with E-state index in [0.29, 0.717) is 10.7 Å². The topological polar surface area (TPSA) is 80.8 Å². The van der Waals surface area contributed by atoms with Gasteiger partial charge < -0.3 is 19.7 Å². The fourth-order valence-electron chi connectivity index (χ4n) is 4.97. The Morgan fingerprint density at radius 3 is 3.00 bits per heavy atom. The lowest BCUT2D eigenvalue weighted by Gasteiger charge is -2.22. The number of carbonyl (C=O) groups excluding carboxylic acids is 2. The number of amides is 2. The number of hydrogen-bond acceptors (Lipinski definition) is 6. The highest BCUT2D eigenvalue weighted by Gasteiger charge is 2.42. The Morgan fingerprint density at radius 2 is 2.23 bits per heavy atom. The van der Waals surface area contributed by atoms with Gasteiger partial charge in [0.2, 0.25) is 5.91 Å². The lowest BCUT2D eigenvalue weighted by atomic mass is 9.87. The van der Waals surface area contributed by atoms with Gasteiger partial charge in [0.1, 0.15) is 0 Å². The second-order valence-corrected chi connectivity index (χ2v) is 9.87. The van der Waals surface area contributed by atoms with Gasteiger partial charge >= 0.3 is 0 Å². The molecule has 3 atom stereocenters. The zero-order valence-electron chi connectivity index (χ0n) is 17.2. The summed E-state index contributed by atoms with van der Waals surface area (Å²) in [7, 11) is 1.70. The van der Waals surface area contributed by atoms with Crippen LogP contribution in [0.15, 0.2) is 18.2 Å². The van der Waals surface area contributed by atoms with E-state index in [1.54, 1.807) is 7.11 Å². The van der Waals surface area contributed by atoms with Crippen molar-refractivity contribution in [3.63, 3.8) is 0 Å². The summed E-state index contributed by atoms with van der Waals surface area (Å²) < 4.78 is 11.8. The molecule has 160 valence electrons. The maximum absolute atomic E-state index is 13.0. The molecule has 0 radical (unpaired) electrons. The predicted molar refractivity (Wildman–Crippen MR) is 115 cm³/mol. The maximum atomic E-state index is 13.0. The van der Waals surface area contributed by atoms with Crippen molar-refractivity contribution in [2.45, 2.75) is 38.2 Å². The number of methoxy groups -OCH3 is 1.